The van der Waals surface area contributed by atoms with E-state index in [4.69, 9.17) is 4.74 Å². The fraction of sp³-hybridized carbons (Fsp3) is 0.579. The van der Waals surface area contributed by atoms with E-state index in [1.165, 1.54) is 0 Å². The lowest BCUT2D eigenvalue weighted by atomic mass is 9.74. The molecule has 2 fully saturated rings. The first-order valence-electron chi connectivity index (χ1n) is 8.73. The minimum Gasteiger partial charge on any atom is -0.484 e. The van der Waals surface area contributed by atoms with Crippen molar-refractivity contribution in [2.45, 2.75) is 45.1 Å². The molecule has 1 aliphatic carbocycles. The summed E-state index contributed by atoms with van der Waals surface area (Å²) >= 11 is 0. The average molecular weight is 330 g/mol. The van der Waals surface area contributed by atoms with Gasteiger partial charge in [0.25, 0.3) is 5.91 Å². The Bertz CT molecular complexity index is 631. The van der Waals surface area contributed by atoms with Gasteiger partial charge in [-0.05, 0) is 37.8 Å². The number of carbonyl (C=O) groups excluding carboxylic acids is 2. The maximum atomic E-state index is 12.2. The zero-order valence-electron chi connectivity index (χ0n) is 14.5. The predicted molar refractivity (Wildman–Crippen MR) is 91.8 cm³/mol. The molecule has 24 heavy (non-hydrogen) atoms. The zero-order valence-corrected chi connectivity index (χ0v) is 14.5. The van der Waals surface area contributed by atoms with Gasteiger partial charge in [0.15, 0.2) is 6.61 Å². The number of hydrogen-bond acceptors (Lipinski definition) is 3. The monoisotopic (exact) mass is 330 g/mol. The van der Waals surface area contributed by atoms with Gasteiger partial charge in [-0.3, -0.25) is 9.59 Å². The number of likely N-dealkylation sites (tertiary alicyclic amines) is 1. The van der Waals surface area contributed by atoms with Crippen LogP contribution in [0.15, 0.2) is 24.3 Å². The lowest BCUT2D eigenvalue weighted by molar-refractivity contribution is -0.139. The van der Waals surface area contributed by atoms with Gasteiger partial charge in [-0.25, -0.2) is 0 Å². The third-order valence-corrected chi connectivity index (χ3v) is 5.65. The number of hydrogen-bond donors (Lipinski definition) is 1. The Hall–Kier alpha value is -2.04. The molecule has 0 bridgehead atoms. The molecule has 2 amide bonds. The Morgan fingerprint density at radius 3 is 2.96 bits per heavy atom. The van der Waals surface area contributed by atoms with Crippen molar-refractivity contribution in [2.24, 2.45) is 5.41 Å². The molecule has 2 atom stereocenters. The number of fused-ring (bicyclic) bond motifs is 1. The van der Waals surface area contributed by atoms with Crippen molar-refractivity contribution >= 4 is 11.8 Å². The van der Waals surface area contributed by atoms with Gasteiger partial charge in [0.05, 0.1) is 0 Å². The molecule has 130 valence electrons. The number of benzene rings is 1. The highest BCUT2D eigenvalue weighted by molar-refractivity contribution is 5.78. The molecular formula is C19H26N2O3. The summed E-state index contributed by atoms with van der Waals surface area (Å²) in [5.74, 6) is 0.872. The fourth-order valence-electron chi connectivity index (χ4n) is 4.20. The lowest BCUT2D eigenvalue weighted by Gasteiger charge is -2.44. The molecule has 1 saturated carbocycles. The third kappa shape index (κ3) is 3.25. The minimum absolute atomic E-state index is 0.0281. The molecule has 0 radical (unpaired) electrons. The predicted octanol–water partition coefficient (Wildman–Crippen LogP) is 2.28. The molecule has 1 aliphatic heterocycles. The van der Waals surface area contributed by atoms with Gasteiger partial charge in [0, 0.05) is 31.5 Å². The van der Waals surface area contributed by atoms with E-state index in [-0.39, 0.29) is 29.9 Å². The smallest absolute Gasteiger partial charge is 0.257 e. The van der Waals surface area contributed by atoms with Crippen molar-refractivity contribution in [2.75, 3.05) is 20.2 Å². The van der Waals surface area contributed by atoms with Gasteiger partial charge in [-0.1, -0.05) is 24.6 Å². The molecule has 1 N–H and O–H groups in total. The van der Waals surface area contributed by atoms with Crippen LogP contribution in [0.2, 0.25) is 0 Å². The first kappa shape index (κ1) is 16.8. The Balaban J connectivity index is 1.54. The maximum absolute atomic E-state index is 12.2. The van der Waals surface area contributed by atoms with Crippen molar-refractivity contribution in [1.29, 1.82) is 0 Å². The molecule has 1 aromatic rings. The van der Waals surface area contributed by atoms with Crippen molar-refractivity contribution < 1.29 is 14.3 Å². The molecule has 5 nitrogen and oxygen atoms in total. The summed E-state index contributed by atoms with van der Waals surface area (Å²) in [7, 11) is 1.90. The van der Waals surface area contributed by atoms with E-state index in [1.54, 1.807) is 0 Å². The lowest BCUT2D eigenvalue weighted by Crippen LogP contribution is -2.54. The standard InChI is InChI=1S/C19H26N2O3/c1-14-6-3-4-7-15(14)24-12-17(22)20-13-19-10-5-8-16(19)21(2)18(23)9-11-19/h3-4,6-7,16H,5,8-13H2,1-2H3,(H,20,22)/t16-,19+/m1/s1. The molecule has 0 spiro atoms. The number of amides is 2. The summed E-state index contributed by atoms with van der Waals surface area (Å²) < 4.78 is 5.61. The SMILES string of the molecule is Cc1ccccc1OCC(=O)NC[C@@]12CCC[C@H]1N(C)C(=O)CC2. The molecule has 1 saturated heterocycles. The number of para-hydroxylation sites is 1. The highest BCUT2D eigenvalue weighted by Gasteiger charge is 2.49. The molecule has 5 heteroatoms. The van der Waals surface area contributed by atoms with Gasteiger partial charge < -0.3 is 15.0 Å². The van der Waals surface area contributed by atoms with Crippen LogP contribution in [0, 0.1) is 12.3 Å². The van der Waals surface area contributed by atoms with Crippen LogP contribution in [0.25, 0.3) is 0 Å². The van der Waals surface area contributed by atoms with Crippen LogP contribution >= 0.6 is 0 Å². The van der Waals surface area contributed by atoms with Gasteiger partial charge in [0.1, 0.15) is 5.75 Å². The van der Waals surface area contributed by atoms with Crippen molar-refractivity contribution in [3.8, 4) is 5.75 Å². The highest BCUT2D eigenvalue weighted by atomic mass is 16.5. The number of ether oxygens (including phenoxy) is 1. The van der Waals surface area contributed by atoms with E-state index in [9.17, 15) is 9.59 Å². The molecule has 1 aromatic carbocycles. The first-order chi connectivity index (χ1) is 11.5. The second-order valence-corrected chi connectivity index (χ2v) is 7.11. The van der Waals surface area contributed by atoms with Crippen LogP contribution in [-0.4, -0.2) is 43.0 Å². The van der Waals surface area contributed by atoms with E-state index in [1.807, 2.05) is 43.1 Å². The Kier molecular flexibility index (Phi) is 4.78. The van der Waals surface area contributed by atoms with E-state index < -0.39 is 0 Å². The van der Waals surface area contributed by atoms with Crippen LogP contribution in [0.3, 0.4) is 0 Å². The van der Waals surface area contributed by atoms with E-state index in [0.717, 1.165) is 37.0 Å². The fourth-order valence-corrected chi connectivity index (χ4v) is 4.20. The number of rotatable bonds is 5. The largest absolute Gasteiger partial charge is 0.484 e. The van der Waals surface area contributed by atoms with Gasteiger partial charge >= 0.3 is 0 Å². The van der Waals surface area contributed by atoms with Gasteiger partial charge in [0.2, 0.25) is 5.91 Å². The maximum Gasteiger partial charge on any atom is 0.257 e. The highest BCUT2D eigenvalue weighted by Crippen LogP contribution is 2.47. The number of piperidine rings is 1. The first-order valence-corrected chi connectivity index (χ1v) is 8.73. The zero-order chi connectivity index (χ0) is 17.2. The van der Waals surface area contributed by atoms with Gasteiger partial charge in [-0.2, -0.15) is 0 Å². The number of carbonyl (C=O) groups is 2. The second-order valence-electron chi connectivity index (χ2n) is 7.11. The average Bonchev–Trinajstić information content (AvgIpc) is 3.01. The van der Waals surface area contributed by atoms with Crippen LogP contribution in [0.5, 0.6) is 5.75 Å². The van der Waals surface area contributed by atoms with E-state index >= 15 is 0 Å². The second kappa shape index (κ2) is 6.83. The van der Waals surface area contributed by atoms with Crippen molar-refractivity contribution in [1.82, 2.24) is 10.2 Å². The quantitative estimate of drug-likeness (QED) is 0.901. The van der Waals surface area contributed by atoms with E-state index in [2.05, 4.69) is 5.32 Å². The van der Waals surface area contributed by atoms with Crippen molar-refractivity contribution in [3.63, 3.8) is 0 Å². The third-order valence-electron chi connectivity index (χ3n) is 5.65. The molecule has 0 unspecified atom stereocenters. The normalized spacial score (nSPS) is 26.2. The Labute approximate surface area is 143 Å². The van der Waals surface area contributed by atoms with Crippen LogP contribution in [0.4, 0.5) is 0 Å². The molecule has 1 heterocycles. The van der Waals surface area contributed by atoms with Crippen LogP contribution in [0.1, 0.15) is 37.7 Å². The van der Waals surface area contributed by atoms with E-state index in [0.29, 0.717) is 13.0 Å². The summed E-state index contributed by atoms with van der Waals surface area (Å²) in [5.41, 5.74) is 1.06. The molecule has 0 aromatic heterocycles. The van der Waals surface area contributed by atoms with Crippen LogP contribution < -0.4 is 10.1 Å². The molecular weight excluding hydrogens is 304 g/mol. The summed E-state index contributed by atoms with van der Waals surface area (Å²) in [5, 5.41) is 3.04. The Morgan fingerprint density at radius 1 is 1.38 bits per heavy atom. The molecule has 3 rings (SSSR count). The summed E-state index contributed by atoms with van der Waals surface area (Å²) in [6.45, 7) is 2.62. The topological polar surface area (TPSA) is 58.6 Å². The van der Waals surface area contributed by atoms with Crippen molar-refractivity contribution in [3.05, 3.63) is 29.8 Å². The van der Waals surface area contributed by atoms with Crippen LogP contribution in [-0.2, 0) is 9.59 Å². The summed E-state index contributed by atoms with van der Waals surface area (Å²) in [6, 6.07) is 7.94. The number of nitrogens with zero attached hydrogens (tertiary/aromatic N) is 1. The summed E-state index contributed by atoms with van der Waals surface area (Å²) in [6.07, 6.45) is 4.70. The Morgan fingerprint density at radius 2 is 2.17 bits per heavy atom. The summed E-state index contributed by atoms with van der Waals surface area (Å²) in [4.78, 5) is 26.0. The number of aryl methyl sites for hydroxylation is 1. The molecule has 2 aliphatic rings. The van der Waals surface area contributed by atoms with Gasteiger partial charge in [-0.15, -0.1) is 0 Å². The number of nitrogens with one attached hydrogen (secondary N) is 1. The minimum atomic E-state index is -0.0992.